The minimum atomic E-state index is -0.816. The van der Waals surface area contributed by atoms with Crippen molar-refractivity contribution >= 4 is 39.0 Å². The molecular formula is C23H16BrClN2O2. The number of halogens is 2. The number of Topliss-reactive ketones (excluding diaryl/α,β-unsaturated/α-hetero) is 1. The molecule has 0 radical (unpaired) electrons. The van der Waals surface area contributed by atoms with E-state index < -0.39 is 6.23 Å². The average Bonchev–Trinajstić information content (AvgIpc) is 3.20. The molecule has 2 atom stereocenters. The van der Waals surface area contributed by atoms with E-state index in [9.17, 15) is 4.79 Å². The summed E-state index contributed by atoms with van der Waals surface area (Å²) in [5, 5.41) is 7.23. The van der Waals surface area contributed by atoms with E-state index in [1.807, 2.05) is 54.6 Å². The van der Waals surface area contributed by atoms with Gasteiger partial charge in [0.2, 0.25) is 5.78 Å². The summed E-state index contributed by atoms with van der Waals surface area (Å²) < 4.78 is 7.13. The lowest BCUT2D eigenvalue weighted by Gasteiger charge is -2.37. The van der Waals surface area contributed by atoms with E-state index in [2.05, 4.69) is 15.9 Å². The van der Waals surface area contributed by atoms with Gasteiger partial charge in [-0.05, 0) is 35.9 Å². The van der Waals surface area contributed by atoms with Crippen molar-refractivity contribution in [2.75, 3.05) is 0 Å². The van der Waals surface area contributed by atoms with Gasteiger partial charge < -0.3 is 4.74 Å². The van der Waals surface area contributed by atoms with Gasteiger partial charge in [0, 0.05) is 27.0 Å². The topological polar surface area (TPSA) is 41.9 Å². The van der Waals surface area contributed by atoms with E-state index in [-0.39, 0.29) is 11.8 Å². The first-order valence-electron chi connectivity index (χ1n) is 9.27. The molecule has 144 valence electrons. The van der Waals surface area contributed by atoms with Crippen molar-refractivity contribution in [1.82, 2.24) is 5.01 Å². The van der Waals surface area contributed by atoms with Crippen molar-refractivity contribution in [2.24, 2.45) is 5.10 Å². The molecule has 0 fully saturated rings. The number of carbonyl (C=O) groups excluding carboxylic acids is 1. The van der Waals surface area contributed by atoms with Gasteiger partial charge in [0.25, 0.3) is 6.23 Å². The van der Waals surface area contributed by atoms with Gasteiger partial charge in [0.1, 0.15) is 5.75 Å². The molecule has 0 unspecified atom stereocenters. The first-order chi connectivity index (χ1) is 14.1. The maximum Gasteiger partial charge on any atom is 0.251 e. The zero-order valence-electron chi connectivity index (χ0n) is 15.3. The first-order valence-corrected chi connectivity index (χ1v) is 10.4. The quantitative estimate of drug-likeness (QED) is 0.453. The second kappa shape index (κ2) is 7.32. The van der Waals surface area contributed by atoms with Crippen LogP contribution >= 0.6 is 27.5 Å². The normalized spacial score (nSPS) is 19.8. The largest absolute Gasteiger partial charge is 0.461 e. The lowest BCUT2D eigenvalue weighted by atomic mass is 9.96. The van der Waals surface area contributed by atoms with Gasteiger partial charge in [0.15, 0.2) is 0 Å². The number of fused-ring (bicyclic) bond motifs is 3. The van der Waals surface area contributed by atoms with Crippen molar-refractivity contribution < 1.29 is 9.53 Å². The molecule has 0 spiro atoms. The predicted molar refractivity (Wildman–Crippen MR) is 117 cm³/mol. The number of hydrazone groups is 1. The Morgan fingerprint density at radius 2 is 1.83 bits per heavy atom. The number of rotatable bonds is 3. The van der Waals surface area contributed by atoms with E-state index in [0.717, 1.165) is 21.3 Å². The van der Waals surface area contributed by atoms with E-state index in [1.54, 1.807) is 23.2 Å². The third-order valence-electron chi connectivity index (χ3n) is 5.21. The summed E-state index contributed by atoms with van der Waals surface area (Å²) in [6.45, 7) is 0. The average molecular weight is 468 g/mol. The van der Waals surface area contributed by atoms with Crippen LogP contribution in [-0.4, -0.2) is 22.7 Å². The fourth-order valence-corrected chi connectivity index (χ4v) is 4.24. The highest BCUT2D eigenvalue weighted by molar-refractivity contribution is 9.10. The summed E-state index contributed by atoms with van der Waals surface area (Å²) in [4.78, 5) is 13.2. The van der Waals surface area contributed by atoms with Crippen molar-refractivity contribution in [3.05, 3.63) is 99.0 Å². The maximum atomic E-state index is 13.2. The van der Waals surface area contributed by atoms with Crippen LogP contribution in [0.15, 0.2) is 82.4 Å². The van der Waals surface area contributed by atoms with Crippen LogP contribution in [0, 0.1) is 0 Å². The number of carbonyl (C=O) groups is 1. The molecule has 0 N–H and O–H groups in total. The Bertz CT molecular complexity index is 1120. The molecule has 0 aliphatic carbocycles. The molecule has 0 amide bonds. The van der Waals surface area contributed by atoms with Gasteiger partial charge in [-0.1, -0.05) is 70.0 Å². The fourth-order valence-electron chi connectivity index (χ4n) is 3.79. The van der Waals surface area contributed by atoms with Crippen LogP contribution < -0.4 is 4.74 Å². The van der Waals surface area contributed by atoms with E-state index in [1.165, 1.54) is 0 Å². The molecule has 3 aromatic rings. The molecule has 29 heavy (non-hydrogen) atoms. The maximum absolute atomic E-state index is 13.2. The van der Waals surface area contributed by atoms with Gasteiger partial charge in [0.05, 0.1) is 11.8 Å². The summed E-state index contributed by atoms with van der Waals surface area (Å²) >= 11 is 9.72. The third kappa shape index (κ3) is 3.34. The summed E-state index contributed by atoms with van der Waals surface area (Å²) in [7, 11) is 0. The monoisotopic (exact) mass is 466 g/mol. The van der Waals surface area contributed by atoms with Crippen molar-refractivity contribution in [2.45, 2.75) is 18.7 Å². The molecule has 2 aliphatic heterocycles. The molecule has 0 aromatic heterocycles. The second-order valence-corrected chi connectivity index (χ2v) is 8.39. The summed E-state index contributed by atoms with van der Waals surface area (Å²) in [6, 6.07) is 22.6. The smallest absolute Gasteiger partial charge is 0.251 e. The van der Waals surface area contributed by atoms with Crippen LogP contribution in [-0.2, 0) is 0 Å². The zero-order chi connectivity index (χ0) is 20.0. The Kier molecular flexibility index (Phi) is 4.64. The molecule has 5 rings (SSSR count). The van der Waals surface area contributed by atoms with Crippen molar-refractivity contribution in [1.29, 1.82) is 0 Å². The van der Waals surface area contributed by atoms with Gasteiger partial charge >= 0.3 is 0 Å². The molecule has 4 nitrogen and oxygen atoms in total. The van der Waals surface area contributed by atoms with Gasteiger partial charge in [-0.25, -0.2) is 5.01 Å². The zero-order valence-corrected chi connectivity index (χ0v) is 17.6. The minimum Gasteiger partial charge on any atom is -0.461 e. The second-order valence-electron chi connectivity index (χ2n) is 7.04. The highest BCUT2D eigenvalue weighted by atomic mass is 79.9. The number of ketones is 1. The van der Waals surface area contributed by atoms with E-state index in [4.69, 9.17) is 21.4 Å². The summed E-state index contributed by atoms with van der Waals surface area (Å²) in [5.41, 5.74) is 3.49. The highest BCUT2D eigenvalue weighted by Crippen LogP contribution is 2.44. The van der Waals surface area contributed by atoms with Gasteiger partial charge in [-0.15, -0.1) is 0 Å². The standard InChI is InChI=1S/C23H16BrClN2O2/c24-16-8-6-14(7-9-16)19-13-20-18-12-17(25)10-11-21(18)29-23(27(20)26-19)22(28)15-4-2-1-3-5-15/h1-12,20,23H,13H2/t20-,23+/m0/s1. The van der Waals surface area contributed by atoms with E-state index >= 15 is 0 Å². The molecule has 3 aromatic carbocycles. The van der Waals surface area contributed by atoms with Crippen LogP contribution in [0.1, 0.15) is 33.9 Å². The van der Waals surface area contributed by atoms with Crippen LogP contribution in [0.4, 0.5) is 0 Å². The lowest BCUT2D eigenvalue weighted by molar-refractivity contribution is -0.00455. The Morgan fingerprint density at radius 3 is 2.59 bits per heavy atom. The molecule has 6 heteroatoms. The van der Waals surface area contributed by atoms with Gasteiger partial charge in [-0.3, -0.25) is 4.79 Å². The number of nitrogens with zero attached hydrogens (tertiary/aromatic N) is 2. The molecule has 0 bridgehead atoms. The minimum absolute atomic E-state index is 0.103. The predicted octanol–water partition coefficient (Wildman–Crippen LogP) is 5.86. The Balaban J connectivity index is 1.58. The third-order valence-corrected chi connectivity index (χ3v) is 5.98. The number of hydrogen-bond donors (Lipinski definition) is 0. The first kappa shape index (κ1) is 18.4. The van der Waals surface area contributed by atoms with Crippen LogP contribution in [0.25, 0.3) is 0 Å². The van der Waals surface area contributed by atoms with Crippen LogP contribution in [0.5, 0.6) is 5.75 Å². The number of hydrogen-bond acceptors (Lipinski definition) is 4. The molecule has 2 heterocycles. The van der Waals surface area contributed by atoms with Crippen molar-refractivity contribution in [3.8, 4) is 5.75 Å². The lowest BCUT2D eigenvalue weighted by Crippen LogP contribution is -2.45. The van der Waals surface area contributed by atoms with Crippen LogP contribution in [0.3, 0.4) is 0 Å². The Hall–Kier alpha value is -2.63. The van der Waals surface area contributed by atoms with Crippen LogP contribution in [0.2, 0.25) is 5.02 Å². The molecule has 0 saturated heterocycles. The Morgan fingerprint density at radius 1 is 1.07 bits per heavy atom. The highest BCUT2D eigenvalue weighted by Gasteiger charge is 2.43. The van der Waals surface area contributed by atoms with Crippen molar-refractivity contribution in [3.63, 3.8) is 0 Å². The SMILES string of the molecule is O=C(c1ccccc1)[C@H]1Oc2ccc(Cl)cc2[C@@H]2CC(c3ccc(Br)cc3)=NN12. The van der Waals surface area contributed by atoms with E-state index in [0.29, 0.717) is 22.8 Å². The fraction of sp³-hybridized carbons (Fsp3) is 0.130. The number of benzene rings is 3. The summed E-state index contributed by atoms with van der Waals surface area (Å²) in [6.07, 6.45) is -0.138. The molecular weight excluding hydrogens is 452 g/mol. The molecule has 0 saturated carbocycles. The van der Waals surface area contributed by atoms with Gasteiger partial charge in [-0.2, -0.15) is 5.10 Å². The summed E-state index contributed by atoms with van der Waals surface area (Å²) in [5.74, 6) is 0.564. The Labute approximate surface area is 181 Å². The number of ether oxygens (including phenoxy) is 1. The molecule has 2 aliphatic rings.